The molecule has 2 aromatic heterocycles. The van der Waals surface area contributed by atoms with Crippen molar-refractivity contribution in [1.29, 1.82) is 0 Å². The molecule has 0 amide bonds. The Morgan fingerprint density at radius 1 is 1.62 bits per heavy atom. The summed E-state index contributed by atoms with van der Waals surface area (Å²) in [6, 6.07) is 3.75. The van der Waals surface area contributed by atoms with E-state index >= 15 is 0 Å². The van der Waals surface area contributed by atoms with E-state index in [-0.39, 0.29) is 0 Å². The molecule has 0 saturated carbocycles. The average Bonchev–Trinajstić information content (AvgIpc) is 2.41. The lowest BCUT2D eigenvalue weighted by Gasteiger charge is -1.95. The van der Waals surface area contributed by atoms with Gasteiger partial charge in [0.2, 0.25) is 0 Å². The third-order valence-electron chi connectivity index (χ3n) is 2.08. The van der Waals surface area contributed by atoms with Gasteiger partial charge in [0.15, 0.2) is 6.29 Å². The molecule has 3 nitrogen and oxygen atoms in total. The SMILES string of the molecule is Cn1c(S)c(C=O)c2ncccc21. The van der Waals surface area contributed by atoms with Crippen LogP contribution in [0, 0.1) is 0 Å². The van der Waals surface area contributed by atoms with Gasteiger partial charge in [-0.1, -0.05) is 0 Å². The van der Waals surface area contributed by atoms with Gasteiger partial charge in [-0.3, -0.25) is 9.78 Å². The van der Waals surface area contributed by atoms with E-state index < -0.39 is 0 Å². The first kappa shape index (κ1) is 8.31. The predicted molar refractivity (Wildman–Crippen MR) is 53.4 cm³/mol. The van der Waals surface area contributed by atoms with E-state index in [9.17, 15) is 4.79 Å². The second kappa shape index (κ2) is 2.88. The minimum atomic E-state index is 0.557. The zero-order valence-electron chi connectivity index (χ0n) is 7.06. The number of aryl methyl sites for hydroxylation is 1. The number of hydrogen-bond acceptors (Lipinski definition) is 3. The van der Waals surface area contributed by atoms with Gasteiger partial charge in [-0.15, -0.1) is 12.6 Å². The van der Waals surface area contributed by atoms with Gasteiger partial charge >= 0.3 is 0 Å². The van der Waals surface area contributed by atoms with Crippen molar-refractivity contribution < 1.29 is 4.79 Å². The van der Waals surface area contributed by atoms with Gasteiger partial charge in [0, 0.05) is 13.2 Å². The molecule has 0 aliphatic rings. The van der Waals surface area contributed by atoms with Crippen molar-refractivity contribution in [2.75, 3.05) is 0 Å². The highest BCUT2D eigenvalue weighted by Crippen LogP contribution is 2.23. The smallest absolute Gasteiger partial charge is 0.154 e. The monoisotopic (exact) mass is 192 g/mol. The third-order valence-corrected chi connectivity index (χ3v) is 2.62. The predicted octanol–water partition coefficient (Wildman–Crippen LogP) is 1.67. The Hall–Kier alpha value is -1.29. The van der Waals surface area contributed by atoms with Crippen molar-refractivity contribution >= 4 is 29.9 Å². The Morgan fingerprint density at radius 3 is 3.08 bits per heavy atom. The summed E-state index contributed by atoms with van der Waals surface area (Å²) in [5.74, 6) is 0. The van der Waals surface area contributed by atoms with E-state index in [2.05, 4.69) is 17.6 Å². The number of nitrogens with zero attached hydrogens (tertiary/aromatic N) is 2. The summed E-state index contributed by atoms with van der Waals surface area (Å²) < 4.78 is 1.84. The van der Waals surface area contributed by atoms with Crippen LogP contribution in [0.5, 0.6) is 0 Å². The zero-order valence-corrected chi connectivity index (χ0v) is 7.95. The van der Waals surface area contributed by atoms with Crippen LogP contribution in [-0.2, 0) is 7.05 Å². The number of aldehydes is 1. The van der Waals surface area contributed by atoms with Crippen LogP contribution in [0.15, 0.2) is 23.4 Å². The summed E-state index contributed by atoms with van der Waals surface area (Å²) in [5, 5.41) is 0.656. The van der Waals surface area contributed by atoms with Crippen LogP contribution in [0.25, 0.3) is 11.0 Å². The molecule has 0 fully saturated rings. The number of aromatic nitrogens is 2. The highest BCUT2D eigenvalue weighted by Gasteiger charge is 2.11. The summed E-state index contributed by atoms with van der Waals surface area (Å²) in [6.45, 7) is 0. The van der Waals surface area contributed by atoms with Gasteiger partial charge in [0.05, 0.1) is 21.6 Å². The molecule has 2 aromatic rings. The van der Waals surface area contributed by atoms with Crippen molar-refractivity contribution in [3.63, 3.8) is 0 Å². The molecule has 0 bridgehead atoms. The van der Waals surface area contributed by atoms with Crippen LogP contribution in [-0.4, -0.2) is 15.8 Å². The summed E-state index contributed by atoms with van der Waals surface area (Å²) in [7, 11) is 1.86. The molecular formula is C9H8N2OS. The Balaban J connectivity index is 2.98. The molecular weight excluding hydrogens is 184 g/mol. The maximum absolute atomic E-state index is 10.8. The van der Waals surface area contributed by atoms with Crippen LogP contribution < -0.4 is 0 Å². The average molecular weight is 192 g/mol. The van der Waals surface area contributed by atoms with Crippen LogP contribution in [0.3, 0.4) is 0 Å². The Kier molecular flexibility index (Phi) is 1.84. The standard InChI is InChI=1S/C9H8N2OS/c1-11-7-3-2-4-10-8(7)6(5-12)9(11)13/h2-5,13H,1H3. The fourth-order valence-corrected chi connectivity index (χ4v) is 1.65. The molecule has 0 aliphatic carbocycles. The largest absolute Gasteiger partial charge is 0.337 e. The maximum Gasteiger partial charge on any atom is 0.154 e. The second-order valence-corrected chi connectivity index (χ2v) is 3.21. The van der Waals surface area contributed by atoms with Gasteiger partial charge in [-0.25, -0.2) is 0 Å². The number of fused-ring (bicyclic) bond motifs is 1. The van der Waals surface area contributed by atoms with Gasteiger partial charge < -0.3 is 4.57 Å². The quantitative estimate of drug-likeness (QED) is 0.551. The summed E-state index contributed by atoms with van der Waals surface area (Å²) in [5.41, 5.74) is 2.20. The maximum atomic E-state index is 10.8. The van der Waals surface area contributed by atoms with Crippen LogP contribution >= 0.6 is 12.6 Å². The molecule has 2 heterocycles. The Labute approximate surface area is 80.8 Å². The van der Waals surface area contributed by atoms with E-state index in [0.717, 1.165) is 11.8 Å². The number of pyridine rings is 1. The Bertz CT molecular complexity index is 476. The Morgan fingerprint density at radius 2 is 2.38 bits per heavy atom. The first-order valence-electron chi connectivity index (χ1n) is 3.83. The zero-order chi connectivity index (χ0) is 9.42. The molecule has 13 heavy (non-hydrogen) atoms. The minimum Gasteiger partial charge on any atom is -0.337 e. The van der Waals surface area contributed by atoms with Gasteiger partial charge in [0.1, 0.15) is 0 Å². The second-order valence-electron chi connectivity index (χ2n) is 2.79. The number of thiol groups is 1. The first-order valence-corrected chi connectivity index (χ1v) is 4.28. The van der Waals surface area contributed by atoms with Crippen molar-refractivity contribution in [3.05, 3.63) is 23.9 Å². The highest BCUT2D eigenvalue weighted by atomic mass is 32.1. The van der Waals surface area contributed by atoms with Gasteiger partial charge in [-0.2, -0.15) is 0 Å². The molecule has 66 valence electrons. The van der Waals surface area contributed by atoms with Crippen molar-refractivity contribution in [1.82, 2.24) is 9.55 Å². The minimum absolute atomic E-state index is 0.557. The molecule has 0 aliphatic heterocycles. The molecule has 0 N–H and O–H groups in total. The fraction of sp³-hybridized carbons (Fsp3) is 0.111. The lowest BCUT2D eigenvalue weighted by atomic mass is 10.3. The number of carbonyl (C=O) groups excluding carboxylic acids is 1. The van der Waals surface area contributed by atoms with E-state index in [4.69, 9.17) is 0 Å². The molecule has 2 rings (SSSR count). The van der Waals surface area contributed by atoms with Crippen LogP contribution in [0.2, 0.25) is 0 Å². The van der Waals surface area contributed by atoms with Gasteiger partial charge in [-0.05, 0) is 12.1 Å². The van der Waals surface area contributed by atoms with Crippen LogP contribution in [0.1, 0.15) is 10.4 Å². The number of hydrogen-bond donors (Lipinski definition) is 1. The van der Waals surface area contributed by atoms with E-state index in [1.807, 2.05) is 23.7 Å². The summed E-state index contributed by atoms with van der Waals surface area (Å²) in [4.78, 5) is 14.9. The third kappa shape index (κ3) is 1.06. The molecule has 0 aromatic carbocycles. The molecule has 0 unspecified atom stereocenters. The normalized spacial score (nSPS) is 10.6. The van der Waals surface area contributed by atoms with Crippen molar-refractivity contribution in [2.24, 2.45) is 7.05 Å². The van der Waals surface area contributed by atoms with Crippen LogP contribution in [0.4, 0.5) is 0 Å². The highest BCUT2D eigenvalue weighted by molar-refractivity contribution is 7.80. The lowest BCUT2D eigenvalue weighted by molar-refractivity contribution is 0.112. The first-order chi connectivity index (χ1) is 6.25. The van der Waals surface area contributed by atoms with E-state index in [1.54, 1.807) is 6.20 Å². The number of rotatable bonds is 1. The van der Waals surface area contributed by atoms with E-state index in [0.29, 0.717) is 16.1 Å². The fourth-order valence-electron chi connectivity index (χ4n) is 1.38. The summed E-state index contributed by atoms with van der Waals surface area (Å²) in [6.07, 6.45) is 2.46. The molecule has 0 atom stereocenters. The lowest BCUT2D eigenvalue weighted by Crippen LogP contribution is -1.87. The van der Waals surface area contributed by atoms with Crippen molar-refractivity contribution in [2.45, 2.75) is 5.03 Å². The molecule has 0 spiro atoms. The molecule has 0 radical (unpaired) electrons. The van der Waals surface area contributed by atoms with E-state index in [1.165, 1.54) is 0 Å². The topological polar surface area (TPSA) is 34.9 Å². The number of carbonyl (C=O) groups is 1. The molecule has 4 heteroatoms. The summed E-state index contributed by atoms with van der Waals surface area (Å²) >= 11 is 4.24. The van der Waals surface area contributed by atoms with Crippen molar-refractivity contribution in [3.8, 4) is 0 Å². The molecule has 0 saturated heterocycles. The van der Waals surface area contributed by atoms with Gasteiger partial charge in [0.25, 0.3) is 0 Å².